The van der Waals surface area contributed by atoms with E-state index in [9.17, 15) is 18.0 Å². The van der Waals surface area contributed by atoms with Crippen molar-refractivity contribution in [2.75, 3.05) is 28.5 Å². The quantitative estimate of drug-likeness (QED) is 0.812. The Morgan fingerprint density at radius 2 is 2.04 bits per heavy atom. The molecular weight excluding hydrogens is 332 g/mol. The maximum absolute atomic E-state index is 11.9. The molecule has 1 N–H and O–H groups in total. The molecule has 0 saturated carbocycles. The number of benzene rings is 1. The SMILES string of the molecule is Cc1cc(N2CCCS2(=O)=O)ccc1NC(=O)COC(=O)C(C)C. The number of hydrogen-bond donors (Lipinski definition) is 1. The summed E-state index contributed by atoms with van der Waals surface area (Å²) in [5.41, 5.74) is 1.88. The summed E-state index contributed by atoms with van der Waals surface area (Å²) in [4.78, 5) is 23.2. The lowest BCUT2D eigenvalue weighted by Crippen LogP contribution is -2.25. The van der Waals surface area contributed by atoms with Gasteiger partial charge in [-0.15, -0.1) is 0 Å². The van der Waals surface area contributed by atoms with Gasteiger partial charge in [-0.25, -0.2) is 8.42 Å². The van der Waals surface area contributed by atoms with E-state index in [1.165, 1.54) is 4.31 Å². The smallest absolute Gasteiger partial charge is 0.308 e. The Morgan fingerprint density at radius 3 is 2.58 bits per heavy atom. The molecule has 1 aromatic rings. The molecule has 0 unspecified atom stereocenters. The third-order valence-electron chi connectivity index (χ3n) is 3.69. The third kappa shape index (κ3) is 4.25. The van der Waals surface area contributed by atoms with Crippen LogP contribution in [-0.4, -0.2) is 39.2 Å². The molecule has 1 aromatic carbocycles. The zero-order valence-electron chi connectivity index (χ0n) is 14.0. The largest absolute Gasteiger partial charge is 0.455 e. The molecule has 0 aliphatic carbocycles. The first kappa shape index (κ1) is 18.3. The van der Waals surface area contributed by atoms with Crippen molar-refractivity contribution in [1.82, 2.24) is 0 Å². The van der Waals surface area contributed by atoms with Gasteiger partial charge in [0.2, 0.25) is 10.0 Å². The predicted octanol–water partition coefficient (Wildman–Crippen LogP) is 1.67. The van der Waals surface area contributed by atoms with Crippen LogP contribution < -0.4 is 9.62 Å². The average molecular weight is 354 g/mol. The second kappa shape index (κ2) is 7.21. The van der Waals surface area contributed by atoms with Crippen LogP contribution in [0.2, 0.25) is 0 Å². The second-order valence-electron chi connectivity index (χ2n) is 6.05. The van der Waals surface area contributed by atoms with Crippen molar-refractivity contribution in [2.24, 2.45) is 5.92 Å². The first-order chi connectivity index (χ1) is 11.2. The molecule has 0 spiro atoms. The van der Waals surface area contributed by atoms with Crippen LogP contribution in [0.25, 0.3) is 0 Å². The Balaban J connectivity index is 2.02. The van der Waals surface area contributed by atoms with Crippen LogP contribution >= 0.6 is 0 Å². The highest BCUT2D eigenvalue weighted by molar-refractivity contribution is 7.93. The molecule has 0 atom stereocenters. The minimum Gasteiger partial charge on any atom is -0.455 e. The van der Waals surface area contributed by atoms with Crippen LogP contribution in [0.5, 0.6) is 0 Å². The zero-order chi connectivity index (χ0) is 17.9. The topological polar surface area (TPSA) is 92.8 Å². The molecule has 1 amide bonds. The van der Waals surface area contributed by atoms with Gasteiger partial charge in [-0.1, -0.05) is 13.8 Å². The highest BCUT2D eigenvalue weighted by atomic mass is 32.2. The fourth-order valence-electron chi connectivity index (χ4n) is 2.36. The Morgan fingerprint density at radius 1 is 1.33 bits per heavy atom. The normalized spacial score (nSPS) is 16.2. The van der Waals surface area contributed by atoms with Crippen molar-refractivity contribution in [3.05, 3.63) is 23.8 Å². The van der Waals surface area contributed by atoms with Gasteiger partial charge in [-0.3, -0.25) is 13.9 Å². The molecule has 0 aromatic heterocycles. The summed E-state index contributed by atoms with van der Waals surface area (Å²) < 4.78 is 30.2. The number of sulfonamides is 1. The van der Waals surface area contributed by atoms with Crippen LogP contribution in [-0.2, 0) is 24.3 Å². The number of anilines is 2. The van der Waals surface area contributed by atoms with Gasteiger partial charge in [-0.2, -0.15) is 0 Å². The molecule has 132 valence electrons. The molecule has 24 heavy (non-hydrogen) atoms. The molecular formula is C16H22N2O5S. The minimum absolute atomic E-state index is 0.158. The third-order valence-corrected chi connectivity index (χ3v) is 5.56. The fourth-order valence-corrected chi connectivity index (χ4v) is 3.92. The Hall–Kier alpha value is -2.09. The van der Waals surface area contributed by atoms with Crippen molar-refractivity contribution >= 4 is 33.3 Å². The van der Waals surface area contributed by atoms with E-state index in [-0.39, 0.29) is 18.3 Å². The maximum atomic E-state index is 11.9. The van der Waals surface area contributed by atoms with Gasteiger partial charge in [0, 0.05) is 12.2 Å². The summed E-state index contributed by atoms with van der Waals surface area (Å²) in [7, 11) is -3.23. The van der Waals surface area contributed by atoms with Crippen LogP contribution in [0.4, 0.5) is 11.4 Å². The fraction of sp³-hybridized carbons (Fsp3) is 0.500. The molecule has 1 fully saturated rings. The van der Waals surface area contributed by atoms with Gasteiger partial charge < -0.3 is 10.1 Å². The molecule has 0 radical (unpaired) electrons. The van der Waals surface area contributed by atoms with Crippen molar-refractivity contribution < 1.29 is 22.7 Å². The van der Waals surface area contributed by atoms with Crippen LogP contribution in [0, 0.1) is 12.8 Å². The number of nitrogens with zero attached hydrogens (tertiary/aromatic N) is 1. The van der Waals surface area contributed by atoms with Crippen molar-refractivity contribution in [3.8, 4) is 0 Å². The van der Waals surface area contributed by atoms with Crippen LogP contribution in [0.1, 0.15) is 25.8 Å². The predicted molar refractivity (Wildman–Crippen MR) is 91.4 cm³/mol. The maximum Gasteiger partial charge on any atom is 0.308 e. The van der Waals surface area contributed by atoms with Crippen LogP contribution in [0.15, 0.2) is 18.2 Å². The molecule has 7 nitrogen and oxygen atoms in total. The lowest BCUT2D eigenvalue weighted by atomic mass is 10.1. The van der Waals surface area contributed by atoms with Gasteiger partial charge in [0.1, 0.15) is 0 Å². The molecule has 1 saturated heterocycles. The van der Waals surface area contributed by atoms with Gasteiger partial charge in [-0.05, 0) is 37.1 Å². The van der Waals surface area contributed by atoms with Crippen molar-refractivity contribution in [2.45, 2.75) is 27.2 Å². The average Bonchev–Trinajstić information content (AvgIpc) is 2.86. The number of aryl methyl sites for hydroxylation is 1. The Bertz CT molecular complexity index is 743. The van der Waals surface area contributed by atoms with Gasteiger partial charge in [0.15, 0.2) is 6.61 Å². The standard InChI is InChI=1S/C16H22N2O5S/c1-11(2)16(20)23-10-15(19)17-14-6-5-13(9-12(14)3)18-7-4-8-24(18,21)22/h5-6,9,11H,4,7-8,10H2,1-3H3,(H,17,19). The number of ether oxygens (including phenoxy) is 1. The molecule has 8 heteroatoms. The molecule has 0 bridgehead atoms. The van der Waals surface area contributed by atoms with Crippen LogP contribution in [0.3, 0.4) is 0 Å². The molecule has 1 aliphatic rings. The number of carbonyl (C=O) groups is 2. The van der Waals surface area contributed by atoms with E-state index >= 15 is 0 Å². The van der Waals surface area contributed by atoms with Gasteiger partial charge in [0.05, 0.1) is 17.4 Å². The summed E-state index contributed by atoms with van der Waals surface area (Å²) in [5, 5.41) is 2.66. The number of carbonyl (C=O) groups excluding carboxylic acids is 2. The number of nitrogens with one attached hydrogen (secondary N) is 1. The Labute approximate surface area is 142 Å². The highest BCUT2D eigenvalue weighted by Gasteiger charge is 2.28. The summed E-state index contributed by atoms with van der Waals surface area (Å²) >= 11 is 0. The lowest BCUT2D eigenvalue weighted by molar-refractivity contribution is -0.150. The summed E-state index contributed by atoms with van der Waals surface area (Å²) in [6, 6.07) is 5.03. The van der Waals surface area contributed by atoms with E-state index in [4.69, 9.17) is 4.74 Å². The number of hydrogen-bond acceptors (Lipinski definition) is 5. The van der Waals surface area contributed by atoms with Gasteiger partial charge in [0.25, 0.3) is 5.91 Å². The van der Waals surface area contributed by atoms with E-state index < -0.39 is 21.9 Å². The highest BCUT2D eigenvalue weighted by Crippen LogP contribution is 2.27. The van der Waals surface area contributed by atoms with E-state index in [2.05, 4.69) is 5.32 Å². The second-order valence-corrected chi connectivity index (χ2v) is 8.06. The monoisotopic (exact) mass is 354 g/mol. The van der Waals surface area contributed by atoms with E-state index in [0.717, 1.165) is 5.56 Å². The van der Waals surface area contributed by atoms with E-state index in [1.54, 1.807) is 39.0 Å². The molecule has 1 aliphatic heterocycles. The van der Waals surface area contributed by atoms with E-state index in [1.807, 2.05) is 0 Å². The van der Waals surface area contributed by atoms with Gasteiger partial charge >= 0.3 is 5.97 Å². The molecule has 1 heterocycles. The summed E-state index contributed by atoms with van der Waals surface area (Å²) in [6.07, 6.45) is 0.612. The first-order valence-corrected chi connectivity index (χ1v) is 9.39. The lowest BCUT2D eigenvalue weighted by Gasteiger charge is -2.18. The Kier molecular flexibility index (Phi) is 5.48. The minimum atomic E-state index is -3.23. The zero-order valence-corrected chi connectivity index (χ0v) is 14.9. The number of amides is 1. The van der Waals surface area contributed by atoms with E-state index in [0.29, 0.717) is 24.3 Å². The number of rotatable bonds is 5. The summed E-state index contributed by atoms with van der Waals surface area (Å²) in [5.74, 6) is -1.00. The first-order valence-electron chi connectivity index (χ1n) is 7.78. The number of esters is 1. The van der Waals surface area contributed by atoms with Crippen molar-refractivity contribution in [3.63, 3.8) is 0 Å². The van der Waals surface area contributed by atoms with Crippen molar-refractivity contribution in [1.29, 1.82) is 0 Å². The molecule has 2 rings (SSSR count). The summed E-state index contributed by atoms with van der Waals surface area (Å²) in [6.45, 7) is 5.28.